The summed E-state index contributed by atoms with van der Waals surface area (Å²) in [6, 6.07) is 0. The number of hydrogen-bond donors (Lipinski definition) is 0. The zero-order chi connectivity index (χ0) is 7.66. The molecule has 0 aliphatic carbocycles. The van der Waals surface area contributed by atoms with Gasteiger partial charge in [0.2, 0.25) is 0 Å². The summed E-state index contributed by atoms with van der Waals surface area (Å²) in [7, 11) is 0. The molecule has 0 N–H and O–H groups in total. The smallest absolute Gasteiger partial charge is 0.00238 e. The summed E-state index contributed by atoms with van der Waals surface area (Å²) >= 11 is 5.90. The molecule has 0 spiro atoms. The second kappa shape index (κ2) is 10.0. The fourth-order valence-electron chi connectivity index (χ4n) is 0.464. The maximum atomic E-state index is 3.77. The predicted molar refractivity (Wildman–Crippen MR) is 58.4 cm³/mol. The highest BCUT2D eigenvalue weighted by Gasteiger charge is 1.87. The van der Waals surface area contributed by atoms with E-state index < -0.39 is 0 Å². The molecule has 1 radical (unpaired) electrons. The van der Waals surface area contributed by atoms with Gasteiger partial charge in [-0.3, -0.25) is 0 Å². The molecule has 0 bridgehead atoms. The molecular formula is C7H15S3. The first-order valence-corrected chi connectivity index (χ1v) is 7.05. The molecule has 0 rings (SSSR count). The van der Waals surface area contributed by atoms with Crippen molar-refractivity contribution in [3.8, 4) is 0 Å². The van der Waals surface area contributed by atoms with E-state index in [1.807, 2.05) is 35.3 Å². The van der Waals surface area contributed by atoms with Gasteiger partial charge >= 0.3 is 0 Å². The van der Waals surface area contributed by atoms with Crippen LogP contribution in [0.1, 0.15) is 0 Å². The van der Waals surface area contributed by atoms with E-state index in [1.54, 1.807) is 0 Å². The van der Waals surface area contributed by atoms with Gasteiger partial charge in [0.05, 0.1) is 0 Å². The minimum atomic E-state index is 1.02. The van der Waals surface area contributed by atoms with Gasteiger partial charge in [-0.05, 0) is 18.9 Å². The topological polar surface area (TPSA) is 0 Å². The third-order valence-corrected chi connectivity index (χ3v) is 3.84. The summed E-state index contributed by atoms with van der Waals surface area (Å²) in [5.41, 5.74) is 0. The van der Waals surface area contributed by atoms with Crippen LogP contribution in [0.15, 0.2) is 0 Å². The van der Waals surface area contributed by atoms with E-state index in [2.05, 4.69) is 13.2 Å². The lowest BCUT2D eigenvalue weighted by Crippen LogP contribution is -1.88. The monoisotopic (exact) mass is 195 g/mol. The highest BCUT2D eigenvalue weighted by molar-refractivity contribution is 8.04. The molecule has 10 heavy (non-hydrogen) atoms. The van der Waals surface area contributed by atoms with E-state index in [4.69, 9.17) is 0 Å². The molecule has 0 nitrogen and oxygen atoms in total. The van der Waals surface area contributed by atoms with Gasteiger partial charge in [-0.25, -0.2) is 0 Å². The van der Waals surface area contributed by atoms with E-state index in [0.29, 0.717) is 0 Å². The Hall–Kier alpha value is 1.05. The van der Waals surface area contributed by atoms with Crippen LogP contribution in [0.4, 0.5) is 0 Å². The lowest BCUT2D eigenvalue weighted by molar-refractivity contribution is 1.49. The number of hydrogen-bond acceptors (Lipinski definition) is 3. The Morgan fingerprint density at radius 2 is 1.60 bits per heavy atom. The maximum absolute atomic E-state index is 3.77. The third kappa shape index (κ3) is 9.05. The van der Waals surface area contributed by atoms with Crippen LogP contribution < -0.4 is 0 Å². The molecule has 0 aromatic heterocycles. The first-order valence-electron chi connectivity index (χ1n) is 3.35. The Morgan fingerprint density at radius 1 is 1.00 bits per heavy atom. The SMILES string of the molecule is [CH2]CSCCSCCSC. The lowest BCUT2D eigenvalue weighted by atomic mass is 10.9. The van der Waals surface area contributed by atoms with Crippen LogP contribution in [0.2, 0.25) is 0 Å². The molecule has 0 aromatic rings. The fourth-order valence-corrected chi connectivity index (χ4v) is 2.95. The van der Waals surface area contributed by atoms with Gasteiger partial charge in [0, 0.05) is 23.0 Å². The summed E-state index contributed by atoms with van der Waals surface area (Å²) in [6.45, 7) is 3.77. The zero-order valence-electron chi connectivity index (χ0n) is 6.47. The van der Waals surface area contributed by atoms with Crippen LogP contribution in [-0.2, 0) is 0 Å². The molecule has 0 saturated heterocycles. The van der Waals surface area contributed by atoms with Crippen molar-refractivity contribution in [3.05, 3.63) is 6.92 Å². The maximum Gasteiger partial charge on any atom is 0.00238 e. The van der Waals surface area contributed by atoms with E-state index in [-0.39, 0.29) is 0 Å². The molecule has 0 unspecified atom stereocenters. The van der Waals surface area contributed by atoms with Gasteiger partial charge in [0.15, 0.2) is 0 Å². The molecule has 0 amide bonds. The van der Waals surface area contributed by atoms with Gasteiger partial charge in [0.25, 0.3) is 0 Å². The standard InChI is InChI=1S/C7H15S3/c1-3-9-6-7-10-5-4-8-2/h1,3-7H2,2H3. The molecule has 0 aromatic carbocycles. The van der Waals surface area contributed by atoms with Crippen LogP contribution in [0, 0.1) is 6.92 Å². The van der Waals surface area contributed by atoms with E-state index in [1.165, 1.54) is 23.0 Å². The van der Waals surface area contributed by atoms with Crippen molar-refractivity contribution >= 4 is 35.3 Å². The van der Waals surface area contributed by atoms with Gasteiger partial charge in [-0.1, -0.05) is 0 Å². The minimum absolute atomic E-state index is 1.02. The Morgan fingerprint density at radius 3 is 2.20 bits per heavy atom. The van der Waals surface area contributed by atoms with Crippen molar-refractivity contribution in [2.24, 2.45) is 0 Å². The highest BCUT2D eigenvalue weighted by Crippen LogP contribution is 2.07. The Balaban J connectivity index is 2.65. The summed E-state index contributed by atoms with van der Waals surface area (Å²) in [6.07, 6.45) is 2.16. The summed E-state index contributed by atoms with van der Waals surface area (Å²) in [4.78, 5) is 0. The molecule has 0 atom stereocenters. The minimum Gasteiger partial charge on any atom is -0.165 e. The zero-order valence-corrected chi connectivity index (χ0v) is 8.92. The van der Waals surface area contributed by atoms with E-state index in [9.17, 15) is 0 Å². The quantitative estimate of drug-likeness (QED) is 0.573. The van der Waals surface area contributed by atoms with Gasteiger partial charge in [0.1, 0.15) is 0 Å². The van der Waals surface area contributed by atoms with Crippen molar-refractivity contribution < 1.29 is 0 Å². The Bertz CT molecular complexity index is 48.8. The fraction of sp³-hybridized carbons (Fsp3) is 0.857. The molecular weight excluding hydrogens is 180 g/mol. The van der Waals surface area contributed by atoms with Gasteiger partial charge < -0.3 is 0 Å². The van der Waals surface area contributed by atoms with Crippen LogP contribution in [0.25, 0.3) is 0 Å². The molecule has 61 valence electrons. The summed E-state index contributed by atoms with van der Waals surface area (Å²) in [5, 5.41) is 0. The van der Waals surface area contributed by atoms with Crippen LogP contribution in [0.3, 0.4) is 0 Å². The second-order valence-corrected chi connectivity index (χ2v) is 5.15. The molecule has 3 heteroatoms. The highest BCUT2D eigenvalue weighted by atomic mass is 32.2. The van der Waals surface area contributed by atoms with Crippen molar-refractivity contribution in [3.63, 3.8) is 0 Å². The van der Waals surface area contributed by atoms with Crippen molar-refractivity contribution in [1.29, 1.82) is 0 Å². The Labute approximate surface area is 77.3 Å². The van der Waals surface area contributed by atoms with Crippen LogP contribution in [-0.4, -0.2) is 35.0 Å². The normalized spacial score (nSPS) is 10.2. The van der Waals surface area contributed by atoms with Crippen LogP contribution in [0.5, 0.6) is 0 Å². The van der Waals surface area contributed by atoms with Crippen LogP contribution >= 0.6 is 35.3 Å². The predicted octanol–water partition coefficient (Wildman–Crippen LogP) is 2.65. The van der Waals surface area contributed by atoms with E-state index >= 15 is 0 Å². The molecule has 0 aliphatic heterocycles. The first kappa shape index (κ1) is 11.1. The molecule has 0 fully saturated rings. The first-order chi connectivity index (χ1) is 4.91. The number of rotatable bonds is 7. The van der Waals surface area contributed by atoms with Gasteiger partial charge in [-0.2, -0.15) is 35.3 Å². The summed E-state index contributed by atoms with van der Waals surface area (Å²) in [5.74, 6) is 6.17. The molecule has 0 saturated carbocycles. The average Bonchev–Trinajstić information content (AvgIpc) is 1.97. The molecule has 0 heterocycles. The van der Waals surface area contributed by atoms with Crippen molar-refractivity contribution in [2.45, 2.75) is 0 Å². The van der Waals surface area contributed by atoms with Gasteiger partial charge in [-0.15, -0.1) is 0 Å². The van der Waals surface area contributed by atoms with Crippen molar-refractivity contribution in [2.75, 3.05) is 35.0 Å². The van der Waals surface area contributed by atoms with Crippen molar-refractivity contribution in [1.82, 2.24) is 0 Å². The summed E-state index contributed by atoms with van der Waals surface area (Å²) < 4.78 is 0. The Kier molecular flexibility index (Phi) is 11.1. The average molecular weight is 195 g/mol. The number of thioether (sulfide) groups is 3. The largest absolute Gasteiger partial charge is 0.165 e. The second-order valence-electron chi connectivity index (χ2n) is 1.72. The third-order valence-electron chi connectivity index (χ3n) is 0.948. The van der Waals surface area contributed by atoms with E-state index in [0.717, 1.165) is 5.75 Å². The lowest BCUT2D eigenvalue weighted by Gasteiger charge is -1.97. The molecule has 0 aliphatic rings.